The Bertz CT molecular complexity index is 794. The lowest BCUT2D eigenvalue weighted by Gasteiger charge is -2.25. The van der Waals surface area contributed by atoms with Crippen LogP contribution in [0.5, 0.6) is 5.75 Å². The van der Waals surface area contributed by atoms with Crippen molar-refractivity contribution >= 4 is 11.8 Å². The van der Waals surface area contributed by atoms with Gasteiger partial charge in [0.25, 0.3) is 0 Å². The minimum Gasteiger partial charge on any atom is -0.489 e. The Kier molecular flexibility index (Phi) is 4.87. The summed E-state index contributed by atoms with van der Waals surface area (Å²) in [6.07, 6.45) is -1.05. The summed E-state index contributed by atoms with van der Waals surface area (Å²) < 4.78 is 10.9. The molecule has 2 atom stereocenters. The number of benzene rings is 2. The van der Waals surface area contributed by atoms with Crippen molar-refractivity contribution in [1.82, 2.24) is 0 Å². The predicted octanol–water partition coefficient (Wildman–Crippen LogP) is 3.41. The molecule has 6 nitrogen and oxygen atoms in total. The van der Waals surface area contributed by atoms with Gasteiger partial charge in [-0.05, 0) is 48.9 Å². The van der Waals surface area contributed by atoms with Gasteiger partial charge >= 0.3 is 6.09 Å². The maximum absolute atomic E-state index is 11.5. The van der Waals surface area contributed by atoms with Crippen molar-refractivity contribution in [3.05, 3.63) is 59.7 Å². The molecule has 2 aromatic carbocycles. The Balaban J connectivity index is 1.66. The number of carbonyl (C=O) groups is 1. The van der Waals surface area contributed by atoms with E-state index in [1.807, 2.05) is 19.1 Å². The molecule has 25 heavy (non-hydrogen) atoms. The molecule has 6 heteroatoms. The molecule has 0 radical (unpaired) electrons. The van der Waals surface area contributed by atoms with Gasteiger partial charge in [-0.3, -0.25) is 4.90 Å². The topological polar surface area (TPSA) is 86.1 Å². The highest BCUT2D eigenvalue weighted by atomic mass is 16.6. The fraction of sp³-hybridized carbons (Fsp3) is 0.263. The van der Waals surface area contributed by atoms with Gasteiger partial charge in [-0.1, -0.05) is 12.1 Å². The number of nitriles is 1. The number of epoxide rings is 1. The summed E-state index contributed by atoms with van der Waals surface area (Å²) in [5, 5.41) is 18.4. The van der Waals surface area contributed by atoms with E-state index in [0.29, 0.717) is 30.2 Å². The van der Waals surface area contributed by atoms with Crippen LogP contribution in [0, 0.1) is 11.3 Å². The van der Waals surface area contributed by atoms with Gasteiger partial charge in [0.1, 0.15) is 18.5 Å². The van der Waals surface area contributed by atoms with Gasteiger partial charge in [0, 0.05) is 5.69 Å². The highest BCUT2D eigenvalue weighted by Crippen LogP contribution is 2.27. The van der Waals surface area contributed by atoms with Crippen LogP contribution in [-0.4, -0.2) is 30.0 Å². The second-order valence-corrected chi connectivity index (χ2v) is 5.86. The van der Waals surface area contributed by atoms with Crippen LogP contribution in [0.2, 0.25) is 0 Å². The van der Waals surface area contributed by atoms with Gasteiger partial charge in [0.2, 0.25) is 0 Å². The molecule has 1 N–H and O–H groups in total. The number of carboxylic acid groups (broad SMARTS) is 1. The van der Waals surface area contributed by atoms with Crippen molar-refractivity contribution in [1.29, 1.82) is 5.26 Å². The number of rotatable bonds is 6. The summed E-state index contributed by atoms with van der Waals surface area (Å²) >= 11 is 0. The highest BCUT2D eigenvalue weighted by molar-refractivity contribution is 5.87. The molecule has 2 aromatic rings. The van der Waals surface area contributed by atoms with Crippen LogP contribution in [0.25, 0.3) is 0 Å². The van der Waals surface area contributed by atoms with Crippen LogP contribution in [0.4, 0.5) is 10.5 Å². The van der Waals surface area contributed by atoms with Crippen molar-refractivity contribution in [3.63, 3.8) is 0 Å². The Morgan fingerprint density at radius 3 is 2.72 bits per heavy atom. The van der Waals surface area contributed by atoms with Crippen LogP contribution in [0.3, 0.4) is 0 Å². The molecular formula is C19H18N2O4. The van der Waals surface area contributed by atoms with Crippen molar-refractivity contribution < 1.29 is 19.4 Å². The largest absolute Gasteiger partial charge is 0.489 e. The number of amides is 1. The monoisotopic (exact) mass is 338 g/mol. The number of nitrogens with zero attached hydrogens (tertiary/aromatic N) is 2. The van der Waals surface area contributed by atoms with E-state index in [4.69, 9.17) is 14.7 Å². The summed E-state index contributed by atoms with van der Waals surface area (Å²) in [7, 11) is 0. The van der Waals surface area contributed by atoms with E-state index < -0.39 is 6.09 Å². The van der Waals surface area contributed by atoms with Gasteiger partial charge in [-0.15, -0.1) is 0 Å². The van der Waals surface area contributed by atoms with E-state index in [-0.39, 0.29) is 12.1 Å². The fourth-order valence-electron chi connectivity index (χ4n) is 2.62. The normalized spacial score (nSPS) is 16.6. The highest BCUT2D eigenvalue weighted by Gasteiger charge is 2.36. The fourth-order valence-corrected chi connectivity index (χ4v) is 2.62. The van der Waals surface area contributed by atoms with E-state index >= 15 is 0 Å². The zero-order chi connectivity index (χ0) is 17.8. The number of hydrogen-bond donors (Lipinski definition) is 1. The van der Waals surface area contributed by atoms with E-state index in [1.54, 1.807) is 36.4 Å². The molecule has 1 unspecified atom stereocenters. The standard InChI is InChI=1S/C19H18N2O4/c1-13(18-12-25-18)21(19(22)23)16-5-7-17(8-6-16)24-11-15-4-2-3-14(9-15)10-20/h2-9,13,18H,11-12H2,1H3,(H,22,23)/t13?,18-/m1/s1. The SMILES string of the molecule is CC([C@H]1CO1)N(C(=O)O)c1ccc(OCc2cccc(C#N)c2)cc1. The number of ether oxygens (including phenoxy) is 2. The molecule has 1 saturated heterocycles. The van der Waals surface area contributed by atoms with Gasteiger partial charge in [-0.2, -0.15) is 5.26 Å². The predicted molar refractivity (Wildman–Crippen MR) is 91.6 cm³/mol. The van der Waals surface area contributed by atoms with E-state index in [1.165, 1.54) is 4.90 Å². The lowest BCUT2D eigenvalue weighted by atomic mass is 10.1. The van der Waals surface area contributed by atoms with Crippen LogP contribution in [-0.2, 0) is 11.3 Å². The molecule has 0 saturated carbocycles. The minimum atomic E-state index is -1.01. The molecule has 1 aliphatic rings. The molecule has 1 amide bonds. The summed E-state index contributed by atoms with van der Waals surface area (Å²) in [6, 6.07) is 16.0. The van der Waals surface area contributed by atoms with Crippen LogP contribution in [0.15, 0.2) is 48.5 Å². The molecule has 0 aromatic heterocycles. The van der Waals surface area contributed by atoms with Crippen LogP contribution in [0.1, 0.15) is 18.1 Å². The van der Waals surface area contributed by atoms with Gasteiger partial charge < -0.3 is 14.6 Å². The van der Waals surface area contributed by atoms with Gasteiger partial charge in [0.05, 0.1) is 24.3 Å². The molecule has 0 aliphatic carbocycles. The second kappa shape index (κ2) is 7.24. The van der Waals surface area contributed by atoms with Crippen molar-refractivity contribution in [2.75, 3.05) is 11.5 Å². The number of hydrogen-bond acceptors (Lipinski definition) is 4. The quantitative estimate of drug-likeness (QED) is 0.816. The Morgan fingerprint density at radius 1 is 1.40 bits per heavy atom. The molecule has 1 fully saturated rings. The summed E-state index contributed by atoms with van der Waals surface area (Å²) in [5.41, 5.74) is 2.06. The van der Waals surface area contributed by atoms with Crippen molar-refractivity contribution in [2.45, 2.75) is 25.7 Å². The average molecular weight is 338 g/mol. The molecule has 1 aliphatic heterocycles. The Hall–Kier alpha value is -3.04. The third-order valence-corrected chi connectivity index (χ3v) is 4.09. The van der Waals surface area contributed by atoms with Gasteiger partial charge in [-0.25, -0.2) is 4.79 Å². The molecule has 0 spiro atoms. The van der Waals surface area contributed by atoms with Crippen LogP contribution < -0.4 is 9.64 Å². The van der Waals surface area contributed by atoms with E-state index in [0.717, 1.165) is 5.56 Å². The smallest absolute Gasteiger partial charge is 0.412 e. The first-order valence-corrected chi connectivity index (χ1v) is 7.94. The first kappa shape index (κ1) is 16.8. The first-order chi connectivity index (χ1) is 12.1. The molecule has 0 bridgehead atoms. The summed E-state index contributed by atoms with van der Waals surface area (Å²) in [6.45, 7) is 2.76. The lowest BCUT2D eigenvalue weighted by molar-refractivity contribution is 0.197. The van der Waals surface area contributed by atoms with Crippen LogP contribution >= 0.6 is 0 Å². The van der Waals surface area contributed by atoms with Gasteiger partial charge in [0.15, 0.2) is 0 Å². The molecule has 1 heterocycles. The average Bonchev–Trinajstić information content (AvgIpc) is 3.46. The maximum Gasteiger partial charge on any atom is 0.412 e. The lowest BCUT2D eigenvalue weighted by Crippen LogP contribution is -2.41. The Morgan fingerprint density at radius 2 is 2.12 bits per heavy atom. The van der Waals surface area contributed by atoms with Crippen molar-refractivity contribution in [3.8, 4) is 11.8 Å². The zero-order valence-corrected chi connectivity index (χ0v) is 13.8. The third kappa shape index (κ3) is 4.08. The van der Waals surface area contributed by atoms with Crippen molar-refractivity contribution in [2.24, 2.45) is 0 Å². The summed E-state index contributed by atoms with van der Waals surface area (Å²) in [5.74, 6) is 0.631. The first-order valence-electron chi connectivity index (χ1n) is 7.94. The molecular weight excluding hydrogens is 320 g/mol. The summed E-state index contributed by atoms with van der Waals surface area (Å²) in [4.78, 5) is 12.8. The minimum absolute atomic E-state index is 0.0422. The second-order valence-electron chi connectivity index (χ2n) is 5.86. The number of anilines is 1. The van der Waals surface area contributed by atoms with E-state index in [9.17, 15) is 9.90 Å². The Labute approximate surface area is 145 Å². The maximum atomic E-state index is 11.5. The van der Waals surface area contributed by atoms with E-state index in [2.05, 4.69) is 6.07 Å². The third-order valence-electron chi connectivity index (χ3n) is 4.09. The molecule has 128 valence electrons. The molecule has 3 rings (SSSR count). The zero-order valence-electron chi connectivity index (χ0n) is 13.8.